The van der Waals surface area contributed by atoms with Crippen molar-refractivity contribution in [1.29, 1.82) is 0 Å². The summed E-state index contributed by atoms with van der Waals surface area (Å²) < 4.78 is 5.38. The molecule has 1 aromatic rings. The minimum Gasteiger partial charge on any atom is -0.379 e. The summed E-state index contributed by atoms with van der Waals surface area (Å²) in [5, 5.41) is 8.06. The van der Waals surface area contributed by atoms with Crippen LogP contribution in [0.3, 0.4) is 0 Å². The Labute approximate surface area is 106 Å². The lowest BCUT2D eigenvalue weighted by atomic mass is 10.1. The lowest BCUT2D eigenvalue weighted by molar-refractivity contribution is 0.0363. The summed E-state index contributed by atoms with van der Waals surface area (Å²) in [6.07, 6.45) is 0. The van der Waals surface area contributed by atoms with Crippen molar-refractivity contribution in [2.75, 3.05) is 56.7 Å². The van der Waals surface area contributed by atoms with Crippen molar-refractivity contribution in [3.8, 4) is 0 Å². The molecule has 0 bridgehead atoms. The third-order valence-electron chi connectivity index (χ3n) is 3.49. The van der Waals surface area contributed by atoms with Gasteiger partial charge in [0.05, 0.1) is 30.6 Å². The van der Waals surface area contributed by atoms with E-state index in [9.17, 15) is 0 Å². The summed E-state index contributed by atoms with van der Waals surface area (Å²) in [7, 11) is 2.18. The number of rotatable bonds is 2. The normalized spacial score (nSPS) is 25.5. The minimum absolute atomic E-state index is 0.528. The molecule has 17 heavy (non-hydrogen) atoms. The van der Waals surface area contributed by atoms with Crippen LogP contribution in [-0.2, 0) is 4.74 Å². The molecule has 2 aliphatic heterocycles. The molecule has 2 aliphatic rings. The lowest BCUT2D eigenvalue weighted by Gasteiger charge is -2.37. The molecule has 4 nitrogen and oxygen atoms in total. The molecule has 0 aromatic carbocycles. The van der Waals surface area contributed by atoms with E-state index in [0.717, 1.165) is 39.4 Å². The standard InChI is InChI=1S/C12H19N3OS/c1-14-6-10(7-15-2-4-16-5-3-15)13-11-8-17-9-12(11)14/h8-10,13H,2-7H2,1H3. The number of morpholine rings is 1. The second-order valence-electron chi connectivity index (χ2n) is 4.81. The van der Waals surface area contributed by atoms with Crippen molar-refractivity contribution in [3.63, 3.8) is 0 Å². The predicted molar refractivity (Wildman–Crippen MR) is 72.3 cm³/mol. The number of thiophene rings is 1. The van der Waals surface area contributed by atoms with E-state index in [-0.39, 0.29) is 0 Å². The fourth-order valence-corrected chi connectivity index (χ4v) is 3.42. The van der Waals surface area contributed by atoms with Crippen LogP contribution in [0.1, 0.15) is 0 Å². The Morgan fingerprint density at radius 2 is 2.24 bits per heavy atom. The van der Waals surface area contributed by atoms with E-state index < -0.39 is 0 Å². The zero-order valence-corrected chi connectivity index (χ0v) is 11.0. The molecule has 1 saturated heterocycles. The highest BCUT2D eigenvalue weighted by Crippen LogP contribution is 2.33. The van der Waals surface area contributed by atoms with Crippen molar-refractivity contribution in [1.82, 2.24) is 4.90 Å². The van der Waals surface area contributed by atoms with E-state index in [2.05, 4.69) is 32.9 Å². The Kier molecular flexibility index (Phi) is 3.22. The minimum atomic E-state index is 0.528. The van der Waals surface area contributed by atoms with Gasteiger partial charge in [-0.3, -0.25) is 4.90 Å². The number of anilines is 2. The number of ether oxygens (including phenoxy) is 1. The van der Waals surface area contributed by atoms with Crippen LogP contribution in [0.25, 0.3) is 0 Å². The van der Waals surface area contributed by atoms with Crippen LogP contribution < -0.4 is 10.2 Å². The quantitative estimate of drug-likeness (QED) is 0.860. The Balaban J connectivity index is 1.62. The SMILES string of the molecule is CN1CC(CN2CCOCC2)Nc2cscc21. The van der Waals surface area contributed by atoms with E-state index in [1.165, 1.54) is 11.4 Å². The molecule has 1 aromatic heterocycles. The van der Waals surface area contributed by atoms with Gasteiger partial charge in [-0.05, 0) is 0 Å². The summed E-state index contributed by atoms with van der Waals surface area (Å²) in [5.74, 6) is 0. The molecule has 1 fully saturated rings. The van der Waals surface area contributed by atoms with Crippen LogP contribution in [0.15, 0.2) is 10.8 Å². The van der Waals surface area contributed by atoms with Gasteiger partial charge in [0.15, 0.2) is 0 Å². The van der Waals surface area contributed by atoms with Gasteiger partial charge in [0, 0.05) is 44.0 Å². The molecule has 0 radical (unpaired) electrons. The summed E-state index contributed by atoms with van der Waals surface area (Å²) in [6.45, 7) is 6.10. The third kappa shape index (κ3) is 2.41. The maximum Gasteiger partial charge on any atom is 0.0709 e. The Morgan fingerprint density at radius 1 is 1.41 bits per heavy atom. The Bertz CT molecular complexity index is 376. The zero-order valence-electron chi connectivity index (χ0n) is 10.2. The van der Waals surface area contributed by atoms with Crippen LogP contribution in [0.5, 0.6) is 0 Å². The van der Waals surface area contributed by atoms with Crippen LogP contribution in [0, 0.1) is 0 Å². The molecule has 3 heterocycles. The zero-order chi connectivity index (χ0) is 11.7. The summed E-state index contributed by atoms with van der Waals surface area (Å²) >= 11 is 1.77. The molecule has 1 unspecified atom stereocenters. The maximum absolute atomic E-state index is 5.38. The van der Waals surface area contributed by atoms with Crippen molar-refractivity contribution in [2.45, 2.75) is 6.04 Å². The first-order valence-corrected chi connectivity index (χ1v) is 7.11. The van der Waals surface area contributed by atoms with Gasteiger partial charge in [-0.1, -0.05) is 0 Å². The topological polar surface area (TPSA) is 27.7 Å². The van der Waals surface area contributed by atoms with Crippen molar-refractivity contribution >= 4 is 22.7 Å². The monoisotopic (exact) mass is 253 g/mol. The number of likely N-dealkylation sites (N-methyl/N-ethyl adjacent to an activating group) is 1. The first kappa shape index (κ1) is 11.3. The van der Waals surface area contributed by atoms with Crippen molar-refractivity contribution in [3.05, 3.63) is 10.8 Å². The van der Waals surface area contributed by atoms with E-state index in [1.54, 1.807) is 11.3 Å². The molecule has 0 aliphatic carbocycles. The molecule has 94 valence electrons. The van der Waals surface area contributed by atoms with E-state index in [1.807, 2.05) is 0 Å². The first-order chi connectivity index (χ1) is 8.33. The lowest BCUT2D eigenvalue weighted by Crippen LogP contribution is -2.48. The highest BCUT2D eigenvalue weighted by molar-refractivity contribution is 7.09. The summed E-state index contributed by atoms with van der Waals surface area (Å²) in [4.78, 5) is 4.85. The molecule has 0 amide bonds. The second-order valence-corrected chi connectivity index (χ2v) is 5.55. The molecule has 1 atom stereocenters. The fourth-order valence-electron chi connectivity index (χ4n) is 2.59. The number of nitrogens with one attached hydrogen (secondary N) is 1. The highest BCUT2D eigenvalue weighted by Gasteiger charge is 2.24. The number of hydrogen-bond donors (Lipinski definition) is 1. The molecule has 3 rings (SSSR count). The third-order valence-corrected chi connectivity index (χ3v) is 4.22. The van der Waals surface area contributed by atoms with Gasteiger partial charge in [-0.25, -0.2) is 0 Å². The maximum atomic E-state index is 5.38. The molecular formula is C12H19N3OS. The van der Waals surface area contributed by atoms with Crippen LogP contribution >= 0.6 is 11.3 Å². The Morgan fingerprint density at radius 3 is 3.06 bits per heavy atom. The Hall–Kier alpha value is -0.780. The molecule has 5 heteroatoms. The van der Waals surface area contributed by atoms with Crippen LogP contribution in [0.4, 0.5) is 11.4 Å². The summed E-state index contributed by atoms with van der Waals surface area (Å²) in [6, 6.07) is 0.528. The molecule has 0 spiro atoms. The van der Waals surface area contributed by atoms with Gasteiger partial charge in [-0.15, -0.1) is 11.3 Å². The predicted octanol–water partition coefficient (Wildman–Crippen LogP) is 1.31. The smallest absolute Gasteiger partial charge is 0.0709 e. The average molecular weight is 253 g/mol. The molecular weight excluding hydrogens is 234 g/mol. The van der Waals surface area contributed by atoms with E-state index in [0.29, 0.717) is 6.04 Å². The number of hydrogen-bond acceptors (Lipinski definition) is 5. The van der Waals surface area contributed by atoms with Crippen LogP contribution in [-0.4, -0.2) is 57.4 Å². The summed E-state index contributed by atoms with van der Waals surface area (Å²) in [5.41, 5.74) is 2.63. The van der Waals surface area contributed by atoms with Gasteiger partial charge in [0.1, 0.15) is 0 Å². The number of nitrogens with zero attached hydrogens (tertiary/aromatic N) is 2. The van der Waals surface area contributed by atoms with E-state index in [4.69, 9.17) is 4.74 Å². The molecule has 1 N–H and O–H groups in total. The van der Waals surface area contributed by atoms with Crippen molar-refractivity contribution in [2.24, 2.45) is 0 Å². The van der Waals surface area contributed by atoms with Gasteiger partial charge in [0.25, 0.3) is 0 Å². The van der Waals surface area contributed by atoms with Crippen LogP contribution in [0.2, 0.25) is 0 Å². The van der Waals surface area contributed by atoms with Gasteiger partial charge in [0.2, 0.25) is 0 Å². The van der Waals surface area contributed by atoms with Gasteiger partial charge in [-0.2, -0.15) is 0 Å². The molecule has 0 saturated carbocycles. The first-order valence-electron chi connectivity index (χ1n) is 6.17. The van der Waals surface area contributed by atoms with E-state index >= 15 is 0 Å². The van der Waals surface area contributed by atoms with Gasteiger partial charge >= 0.3 is 0 Å². The highest BCUT2D eigenvalue weighted by atomic mass is 32.1. The fraction of sp³-hybridized carbons (Fsp3) is 0.667. The largest absolute Gasteiger partial charge is 0.379 e. The average Bonchev–Trinajstić information content (AvgIpc) is 2.79. The van der Waals surface area contributed by atoms with Crippen molar-refractivity contribution < 1.29 is 4.74 Å². The van der Waals surface area contributed by atoms with Gasteiger partial charge < -0.3 is 15.0 Å². The number of fused-ring (bicyclic) bond motifs is 1. The second kappa shape index (κ2) is 4.84.